The molecule has 0 aliphatic heterocycles. The Morgan fingerprint density at radius 2 is 1.48 bits per heavy atom. The van der Waals surface area contributed by atoms with Gasteiger partial charge in [0.2, 0.25) is 0 Å². The van der Waals surface area contributed by atoms with E-state index in [-0.39, 0.29) is 0 Å². The SMILES string of the molecule is CCCCN(CCCC)c1cc(OC)c(C=O)c(OC)c1. The van der Waals surface area contributed by atoms with E-state index in [2.05, 4.69) is 18.7 Å². The standard InChI is InChI=1S/C17H27NO3/c1-5-7-9-18(10-8-6-2)14-11-16(20-3)15(13-19)17(12-14)21-4/h11-13H,5-10H2,1-4H3. The van der Waals surface area contributed by atoms with E-state index in [0.717, 1.165) is 50.7 Å². The van der Waals surface area contributed by atoms with E-state index >= 15 is 0 Å². The van der Waals surface area contributed by atoms with Crippen LogP contribution in [0, 0.1) is 0 Å². The van der Waals surface area contributed by atoms with Crippen LogP contribution in [0.4, 0.5) is 5.69 Å². The summed E-state index contributed by atoms with van der Waals surface area (Å²) in [6.45, 7) is 6.38. The van der Waals surface area contributed by atoms with Crippen LogP contribution < -0.4 is 14.4 Å². The second kappa shape index (κ2) is 9.27. The summed E-state index contributed by atoms with van der Waals surface area (Å²) in [4.78, 5) is 13.6. The summed E-state index contributed by atoms with van der Waals surface area (Å²) >= 11 is 0. The van der Waals surface area contributed by atoms with Gasteiger partial charge in [-0.15, -0.1) is 0 Å². The lowest BCUT2D eigenvalue weighted by Crippen LogP contribution is -2.25. The highest BCUT2D eigenvalue weighted by molar-refractivity contribution is 5.85. The minimum Gasteiger partial charge on any atom is -0.496 e. The molecule has 0 aromatic heterocycles. The number of unbranched alkanes of at least 4 members (excludes halogenated alkanes) is 2. The van der Waals surface area contributed by atoms with Crippen molar-refractivity contribution in [3.8, 4) is 11.5 Å². The number of carbonyl (C=O) groups is 1. The second-order valence-corrected chi connectivity index (χ2v) is 5.08. The van der Waals surface area contributed by atoms with E-state index < -0.39 is 0 Å². The molecule has 4 nitrogen and oxygen atoms in total. The number of aldehydes is 1. The number of benzene rings is 1. The number of carbonyl (C=O) groups excluding carboxylic acids is 1. The van der Waals surface area contributed by atoms with E-state index in [9.17, 15) is 4.79 Å². The zero-order chi connectivity index (χ0) is 15.7. The minimum atomic E-state index is 0.467. The van der Waals surface area contributed by atoms with Crippen LogP contribution in [-0.4, -0.2) is 33.6 Å². The molecule has 0 atom stereocenters. The summed E-state index contributed by atoms with van der Waals surface area (Å²) in [7, 11) is 3.15. The zero-order valence-corrected chi connectivity index (χ0v) is 13.6. The molecule has 0 unspecified atom stereocenters. The Morgan fingerprint density at radius 1 is 1.00 bits per heavy atom. The molecular formula is C17H27NO3. The molecule has 0 N–H and O–H groups in total. The number of ether oxygens (including phenoxy) is 2. The van der Waals surface area contributed by atoms with Gasteiger partial charge in [-0.05, 0) is 12.8 Å². The van der Waals surface area contributed by atoms with Crippen molar-refractivity contribution in [3.63, 3.8) is 0 Å². The van der Waals surface area contributed by atoms with Crippen LogP contribution in [0.1, 0.15) is 49.9 Å². The highest BCUT2D eigenvalue weighted by atomic mass is 16.5. The summed E-state index contributed by atoms with van der Waals surface area (Å²) in [5, 5.41) is 0. The van der Waals surface area contributed by atoms with E-state index in [1.54, 1.807) is 14.2 Å². The second-order valence-electron chi connectivity index (χ2n) is 5.08. The summed E-state index contributed by atoms with van der Waals surface area (Å²) in [6, 6.07) is 3.86. The molecule has 0 amide bonds. The van der Waals surface area contributed by atoms with E-state index in [1.807, 2.05) is 12.1 Å². The summed E-state index contributed by atoms with van der Waals surface area (Å²) in [5.41, 5.74) is 1.52. The monoisotopic (exact) mass is 293 g/mol. The minimum absolute atomic E-state index is 0.467. The maximum atomic E-state index is 11.2. The third-order valence-electron chi connectivity index (χ3n) is 3.57. The summed E-state index contributed by atoms with van der Waals surface area (Å²) in [6.07, 6.45) is 5.38. The van der Waals surface area contributed by atoms with Crippen molar-refractivity contribution < 1.29 is 14.3 Å². The van der Waals surface area contributed by atoms with Crippen LogP contribution in [0.2, 0.25) is 0 Å². The molecular weight excluding hydrogens is 266 g/mol. The summed E-state index contributed by atoms with van der Waals surface area (Å²) in [5.74, 6) is 1.13. The first-order chi connectivity index (χ1) is 10.2. The van der Waals surface area contributed by atoms with Gasteiger partial charge >= 0.3 is 0 Å². The molecule has 0 radical (unpaired) electrons. The molecule has 4 heteroatoms. The lowest BCUT2D eigenvalue weighted by molar-refractivity contribution is 0.111. The quantitative estimate of drug-likeness (QED) is 0.613. The Balaban J connectivity index is 3.13. The number of hydrogen-bond donors (Lipinski definition) is 0. The van der Waals surface area contributed by atoms with Crippen molar-refractivity contribution in [2.75, 3.05) is 32.2 Å². The van der Waals surface area contributed by atoms with Crippen molar-refractivity contribution in [2.24, 2.45) is 0 Å². The molecule has 118 valence electrons. The maximum absolute atomic E-state index is 11.2. The van der Waals surface area contributed by atoms with Crippen molar-refractivity contribution >= 4 is 12.0 Å². The predicted molar refractivity (Wildman–Crippen MR) is 87.0 cm³/mol. The van der Waals surface area contributed by atoms with Gasteiger partial charge in [0, 0.05) is 30.9 Å². The molecule has 21 heavy (non-hydrogen) atoms. The first-order valence-corrected chi connectivity index (χ1v) is 7.67. The fourth-order valence-corrected chi connectivity index (χ4v) is 2.29. The lowest BCUT2D eigenvalue weighted by atomic mass is 10.1. The summed E-state index contributed by atoms with van der Waals surface area (Å²) < 4.78 is 10.7. The van der Waals surface area contributed by atoms with Crippen LogP contribution in [-0.2, 0) is 0 Å². The highest BCUT2D eigenvalue weighted by Gasteiger charge is 2.15. The molecule has 0 saturated carbocycles. The molecule has 0 fully saturated rings. The van der Waals surface area contributed by atoms with Gasteiger partial charge in [-0.1, -0.05) is 26.7 Å². The first-order valence-electron chi connectivity index (χ1n) is 7.67. The van der Waals surface area contributed by atoms with Crippen LogP contribution in [0.25, 0.3) is 0 Å². The third kappa shape index (κ3) is 4.66. The highest BCUT2D eigenvalue weighted by Crippen LogP contribution is 2.33. The van der Waals surface area contributed by atoms with Gasteiger partial charge in [0.15, 0.2) is 6.29 Å². The normalized spacial score (nSPS) is 10.3. The average Bonchev–Trinajstić information content (AvgIpc) is 2.53. The molecule has 1 rings (SSSR count). The van der Waals surface area contributed by atoms with Crippen LogP contribution in [0.15, 0.2) is 12.1 Å². The topological polar surface area (TPSA) is 38.8 Å². The Hall–Kier alpha value is -1.71. The fourth-order valence-electron chi connectivity index (χ4n) is 2.29. The third-order valence-corrected chi connectivity index (χ3v) is 3.57. The van der Waals surface area contributed by atoms with Gasteiger partial charge in [-0.3, -0.25) is 4.79 Å². The Bertz CT molecular complexity index is 413. The molecule has 0 aliphatic carbocycles. The molecule has 1 aromatic rings. The van der Waals surface area contributed by atoms with Crippen molar-refractivity contribution in [1.82, 2.24) is 0 Å². The Morgan fingerprint density at radius 3 is 1.81 bits per heavy atom. The first kappa shape index (κ1) is 17.3. The molecule has 0 heterocycles. The lowest BCUT2D eigenvalue weighted by Gasteiger charge is -2.26. The molecule has 1 aromatic carbocycles. The van der Waals surface area contributed by atoms with Gasteiger partial charge in [0.05, 0.1) is 19.8 Å². The van der Waals surface area contributed by atoms with Crippen molar-refractivity contribution in [1.29, 1.82) is 0 Å². The van der Waals surface area contributed by atoms with E-state index in [4.69, 9.17) is 9.47 Å². The van der Waals surface area contributed by atoms with Gasteiger partial charge < -0.3 is 14.4 Å². The number of hydrogen-bond acceptors (Lipinski definition) is 4. The largest absolute Gasteiger partial charge is 0.496 e. The molecule has 0 spiro atoms. The smallest absolute Gasteiger partial charge is 0.157 e. The Labute approximate surface area is 128 Å². The van der Waals surface area contributed by atoms with Gasteiger partial charge in [-0.2, -0.15) is 0 Å². The number of nitrogens with zero attached hydrogens (tertiary/aromatic N) is 1. The van der Waals surface area contributed by atoms with Crippen LogP contribution in [0.3, 0.4) is 0 Å². The zero-order valence-electron chi connectivity index (χ0n) is 13.6. The number of methoxy groups -OCH3 is 2. The fraction of sp³-hybridized carbons (Fsp3) is 0.588. The molecule has 0 bridgehead atoms. The van der Waals surface area contributed by atoms with Gasteiger partial charge in [0.25, 0.3) is 0 Å². The predicted octanol–water partition coefficient (Wildman–Crippen LogP) is 3.92. The number of anilines is 1. The average molecular weight is 293 g/mol. The van der Waals surface area contributed by atoms with Gasteiger partial charge in [-0.25, -0.2) is 0 Å². The number of rotatable bonds is 10. The van der Waals surface area contributed by atoms with Crippen molar-refractivity contribution in [2.45, 2.75) is 39.5 Å². The maximum Gasteiger partial charge on any atom is 0.157 e. The van der Waals surface area contributed by atoms with Gasteiger partial charge in [0.1, 0.15) is 11.5 Å². The molecule has 0 saturated heterocycles. The van der Waals surface area contributed by atoms with E-state index in [1.165, 1.54) is 0 Å². The molecule has 0 aliphatic rings. The van der Waals surface area contributed by atoms with Crippen LogP contribution >= 0.6 is 0 Å². The van der Waals surface area contributed by atoms with E-state index in [0.29, 0.717) is 17.1 Å². The van der Waals surface area contributed by atoms with Crippen LogP contribution in [0.5, 0.6) is 11.5 Å². The Kier molecular flexibility index (Phi) is 7.65. The van der Waals surface area contributed by atoms with Crippen molar-refractivity contribution in [3.05, 3.63) is 17.7 Å².